The van der Waals surface area contributed by atoms with Crippen LogP contribution >= 0.6 is 0 Å². The van der Waals surface area contributed by atoms with E-state index in [1.807, 2.05) is 0 Å². The van der Waals surface area contributed by atoms with Crippen LogP contribution in [0.2, 0.25) is 0 Å². The summed E-state index contributed by atoms with van der Waals surface area (Å²) in [5, 5.41) is 0. The first-order valence-electron chi connectivity index (χ1n) is 11.4. The Kier molecular flexibility index (Phi) is 11.3. The number of hydrogen-bond donors (Lipinski definition) is 0. The standard InChI is InChI=1S/C20H14F26O2/c1-4-8(2,3)7(47)48-5-9(23,24)11(27,28)13(31,32)15(35,36)17(39,40)19(43,44)20(45,46)18(41,42)16(37,38)14(33,34)12(29,30)10(25,26)6(21)22/h6H,4-5H2,1-3H3. The molecular formula is C20H14F26O2. The maximum absolute atomic E-state index is 13.9. The number of alkyl halides is 26. The molecule has 48 heavy (non-hydrogen) atoms. The summed E-state index contributed by atoms with van der Waals surface area (Å²) in [5.74, 6) is -110. The van der Waals surface area contributed by atoms with Crippen molar-refractivity contribution in [3.05, 3.63) is 0 Å². The molecule has 0 N–H and O–H groups in total. The van der Waals surface area contributed by atoms with E-state index in [1.165, 1.54) is 0 Å². The molecule has 0 radical (unpaired) electrons. The highest BCUT2D eigenvalue weighted by Gasteiger charge is 2.99. The third kappa shape index (κ3) is 5.74. The molecule has 0 aliphatic carbocycles. The van der Waals surface area contributed by atoms with Crippen molar-refractivity contribution in [1.82, 2.24) is 0 Å². The van der Waals surface area contributed by atoms with E-state index >= 15 is 0 Å². The predicted molar refractivity (Wildman–Crippen MR) is 100 cm³/mol. The highest BCUT2D eigenvalue weighted by Crippen LogP contribution is 2.68. The van der Waals surface area contributed by atoms with Gasteiger partial charge in [-0.1, -0.05) is 6.92 Å². The molecule has 0 amide bonds. The number of ether oxygens (including phenoxy) is 1. The second-order valence-corrected chi connectivity index (χ2v) is 10.2. The molecule has 2 nitrogen and oxygen atoms in total. The van der Waals surface area contributed by atoms with Crippen LogP contribution < -0.4 is 0 Å². The molecule has 0 aliphatic rings. The van der Waals surface area contributed by atoms with Gasteiger partial charge in [-0.3, -0.25) is 4.79 Å². The minimum atomic E-state index is -9.72. The van der Waals surface area contributed by atoms with Gasteiger partial charge in [-0.2, -0.15) is 105 Å². The third-order valence-electron chi connectivity index (χ3n) is 6.52. The minimum absolute atomic E-state index is 0.459. The Morgan fingerprint density at radius 2 is 0.688 bits per heavy atom. The molecule has 0 heterocycles. The molecule has 0 spiro atoms. The van der Waals surface area contributed by atoms with Crippen LogP contribution in [0.25, 0.3) is 0 Å². The zero-order chi connectivity index (χ0) is 39.8. The van der Waals surface area contributed by atoms with Gasteiger partial charge in [0, 0.05) is 0 Å². The van der Waals surface area contributed by atoms with Crippen molar-refractivity contribution in [1.29, 1.82) is 0 Å². The zero-order valence-electron chi connectivity index (χ0n) is 22.6. The lowest BCUT2D eigenvalue weighted by Gasteiger charge is -2.46. The SMILES string of the molecule is CCC(C)(C)C(=O)OCC(F)(F)C(F)(F)C(F)(F)C(F)(F)C(F)(F)C(F)(F)C(F)(F)C(F)(F)C(F)(F)C(F)(F)C(F)(F)C(F)(F)C(F)F. The molecule has 28 heteroatoms. The lowest BCUT2D eigenvalue weighted by atomic mass is 9.84. The largest absolute Gasteiger partial charge is 0.459 e. The molecule has 0 saturated carbocycles. The zero-order valence-corrected chi connectivity index (χ0v) is 22.6. The Labute approximate surface area is 247 Å². The van der Waals surface area contributed by atoms with Crippen LogP contribution in [0.5, 0.6) is 0 Å². The van der Waals surface area contributed by atoms with Gasteiger partial charge in [0.1, 0.15) is 0 Å². The Bertz CT molecular complexity index is 1170. The maximum atomic E-state index is 13.9. The van der Waals surface area contributed by atoms with E-state index < -0.39 is 102 Å². The molecule has 0 saturated heterocycles. The molecular weight excluding hydrogens is 766 g/mol. The fraction of sp³-hybridized carbons (Fsp3) is 0.950. The number of carbonyl (C=O) groups excluding carboxylic acids is 1. The summed E-state index contributed by atoms with van der Waals surface area (Å²) in [6.45, 7) is -0.982. The molecule has 0 fully saturated rings. The van der Waals surface area contributed by atoms with Crippen molar-refractivity contribution in [3.63, 3.8) is 0 Å². The van der Waals surface area contributed by atoms with Crippen LogP contribution in [-0.2, 0) is 9.53 Å². The van der Waals surface area contributed by atoms with Crippen molar-refractivity contribution >= 4 is 5.97 Å². The summed E-state index contributed by atoms with van der Waals surface area (Å²) in [6.07, 6.45) is -6.80. The van der Waals surface area contributed by atoms with E-state index in [0.717, 1.165) is 20.8 Å². The Morgan fingerprint density at radius 3 is 0.917 bits per heavy atom. The molecule has 0 unspecified atom stereocenters. The summed E-state index contributed by atoms with van der Waals surface area (Å²) in [7, 11) is 0. The van der Waals surface area contributed by atoms with Gasteiger partial charge < -0.3 is 4.74 Å². The highest BCUT2D eigenvalue weighted by molar-refractivity contribution is 5.75. The Balaban J connectivity index is 7.25. The molecule has 0 rings (SSSR count). The van der Waals surface area contributed by atoms with E-state index in [0.29, 0.717) is 0 Å². The number of rotatable bonds is 16. The molecule has 0 aromatic carbocycles. The van der Waals surface area contributed by atoms with Crippen molar-refractivity contribution in [2.45, 2.75) is 105 Å². The van der Waals surface area contributed by atoms with Gasteiger partial charge in [-0.25, -0.2) is 8.78 Å². The van der Waals surface area contributed by atoms with E-state index in [4.69, 9.17) is 0 Å². The minimum Gasteiger partial charge on any atom is -0.459 e. The molecule has 0 aliphatic heterocycles. The maximum Gasteiger partial charge on any atom is 0.385 e. The normalized spacial score (nSPS) is 16.5. The van der Waals surface area contributed by atoms with Gasteiger partial charge in [-0.15, -0.1) is 0 Å². The number of halogens is 26. The van der Waals surface area contributed by atoms with Crippen LogP contribution in [0, 0.1) is 5.41 Å². The summed E-state index contributed by atoms with van der Waals surface area (Å²) >= 11 is 0. The average Bonchev–Trinajstić information content (AvgIpc) is 2.90. The van der Waals surface area contributed by atoms with Gasteiger partial charge in [0.25, 0.3) is 0 Å². The van der Waals surface area contributed by atoms with Gasteiger partial charge in [0.05, 0.1) is 5.41 Å². The van der Waals surface area contributed by atoms with Crippen molar-refractivity contribution in [3.8, 4) is 0 Å². The summed E-state index contributed by atoms with van der Waals surface area (Å²) in [6, 6.07) is 0. The van der Waals surface area contributed by atoms with Crippen LogP contribution in [0.1, 0.15) is 27.2 Å². The summed E-state index contributed by atoms with van der Waals surface area (Å²) < 4.78 is 355. The predicted octanol–water partition coefficient (Wildman–Crippen LogP) is 9.85. The fourth-order valence-electron chi connectivity index (χ4n) is 2.74. The molecule has 0 aromatic heterocycles. The summed E-state index contributed by atoms with van der Waals surface area (Å²) in [4.78, 5) is 11.6. The number of carbonyl (C=O) groups is 1. The van der Waals surface area contributed by atoms with E-state index in [9.17, 15) is 119 Å². The first-order valence-corrected chi connectivity index (χ1v) is 11.4. The second-order valence-electron chi connectivity index (χ2n) is 10.2. The average molecular weight is 780 g/mol. The highest BCUT2D eigenvalue weighted by atomic mass is 19.4. The number of esters is 1. The van der Waals surface area contributed by atoms with Crippen LogP contribution in [0.3, 0.4) is 0 Å². The lowest BCUT2D eigenvalue weighted by Crippen LogP contribution is -2.78. The van der Waals surface area contributed by atoms with Gasteiger partial charge in [0.15, 0.2) is 6.61 Å². The van der Waals surface area contributed by atoms with Gasteiger partial charge in [0.2, 0.25) is 0 Å². The number of hydrogen-bond acceptors (Lipinski definition) is 2. The van der Waals surface area contributed by atoms with Crippen LogP contribution in [0.15, 0.2) is 0 Å². The summed E-state index contributed by atoms with van der Waals surface area (Å²) in [5.41, 5.74) is -2.00. The third-order valence-corrected chi connectivity index (χ3v) is 6.52. The van der Waals surface area contributed by atoms with Crippen molar-refractivity contribution in [2.24, 2.45) is 5.41 Å². The van der Waals surface area contributed by atoms with E-state index in [-0.39, 0.29) is 0 Å². The van der Waals surface area contributed by atoms with Crippen molar-refractivity contribution in [2.75, 3.05) is 6.61 Å². The van der Waals surface area contributed by atoms with E-state index in [1.54, 1.807) is 0 Å². The van der Waals surface area contributed by atoms with Crippen LogP contribution in [0.4, 0.5) is 114 Å². The molecule has 288 valence electrons. The van der Waals surface area contributed by atoms with Crippen LogP contribution in [-0.4, -0.2) is 90.1 Å². The molecule has 0 bridgehead atoms. The smallest absolute Gasteiger partial charge is 0.385 e. The van der Waals surface area contributed by atoms with Gasteiger partial charge in [-0.05, 0) is 20.3 Å². The van der Waals surface area contributed by atoms with Crippen molar-refractivity contribution < 1.29 is 124 Å². The molecule has 0 atom stereocenters. The quantitative estimate of drug-likeness (QED) is 0.115. The monoisotopic (exact) mass is 780 g/mol. The second kappa shape index (κ2) is 11.9. The first-order chi connectivity index (χ1) is 20.4. The molecule has 0 aromatic rings. The first kappa shape index (κ1) is 45.6. The lowest BCUT2D eigenvalue weighted by molar-refractivity contribution is -0.480. The topological polar surface area (TPSA) is 26.3 Å². The Morgan fingerprint density at radius 1 is 0.458 bits per heavy atom. The van der Waals surface area contributed by atoms with E-state index in [2.05, 4.69) is 4.74 Å². The Hall–Kier alpha value is -2.35. The van der Waals surface area contributed by atoms with Gasteiger partial charge >= 0.3 is 83.5 Å². The fourth-order valence-corrected chi connectivity index (χ4v) is 2.74.